The van der Waals surface area contributed by atoms with E-state index in [4.69, 9.17) is 12.2 Å². The number of thiocarbonyl (C=S) groups is 1. The lowest BCUT2D eigenvalue weighted by Crippen LogP contribution is -2.30. The number of benzene rings is 1. The van der Waals surface area contributed by atoms with Crippen LogP contribution in [0.5, 0.6) is 0 Å². The summed E-state index contributed by atoms with van der Waals surface area (Å²) in [6, 6.07) is 8.28. The molecule has 0 saturated carbocycles. The van der Waals surface area contributed by atoms with E-state index in [1.54, 1.807) is 0 Å². The third-order valence-corrected chi connectivity index (χ3v) is 2.90. The Morgan fingerprint density at radius 3 is 2.29 bits per heavy atom. The highest BCUT2D eigenvalue weighted by molar-refractivity contribution is 7.80. The predicted molar refractivity (Wildman–Crippen MR) is 65.8 cm³/mol. The lowest BCUT2D eigenvalue weighted by molar-refractivity contribution is 0.474. The van der Waals surface area contributed by atoms with Gasteiger partial charge in [-0.3, -0.25) is 0 Å². The highest BCUT2D eigenvalue weighted by Crippen LogP contribution is 2.11. The van der Waals surface area contributed by atoms with Gasteiger partial charge in [0.05, 0.1) is 0 Å². The molecule has 0 radical (unpaired) electrons. The third-order valence-electron chi connectivity index (χ3n) is 2.43. The molecule has 0 aliphatic carbocycles. The molecule has 0 fully saturated rings. The van der Waals surface area contributed by atoms with Gasteiger partial charge < -0.3 is 4.90 Å². The number of nitrogens with zero attached hydrogens (tertiary/aromatic N) is 1. The van der Waals surface area contributed by atoms with Crippen LogP contribution in [0.2, 0.25) is 0 Å². The number of rotatable bonds is 3. The van der Waals surface area contributed by atoms with Crippen LogP contribution in [0, 0.1) is 6.92 Å². The maximum absolute atomic E-state index is 5.45. The predicted octanol–water partition coefficient (Wildman–Crippen LogP) is 3.01. The van der Waals surface area contributed by atoms with Gasteiger partial charge in [-0.2, -0.15) is 0 Å². The minimum absolute atomic E-state index is 0.966. The topological polar surface area (TPSA) is 3.24 Å². The van der Waals surface area contributed by atoms with E-state index in [1.807, 2.05) is 12.1 Å². The van der Waals surface area contributed by atoms with Crippen LogP contribution in [0.3, 0.4) is 0 Å². The van der Waals surface area contributed by atoms with Gasteiger partial charge in [-0.15, -0.1) is 0 Å². The van der Waals surface area contributed by atoms with Crippen LogP contribution in [0.1, 0.15) is 25.0 Å². The molecule has 0 heterocycles. The van der Waals surface area contributed by atoms with Crippen molar-refractivity contribution in [1.82, 2.24) is 4.90 Å². The van der Waals surface area contributed by atoms with Gasteiger partial charge in [0.2, 0.25) is 0 Å². The Hall–Kier alpha value is -0.890. The Balaban J connectivity index is 2.94. The molecule has 1 rings (SSSR count). The molecule has 0 N–H and O–H groups in total. The van der Waals surface area contributed by atoms with Crippen molar-refractivity contribution in [1.29, 1.82) is 0 Å². The molecule has 1 aromatic rings. The zero-order valence-electron chi connectivity index (χ0n) is 9.08. The first-order chi connectivity index (χ1) is 6.70. The molecule has 0 aromatic heterocycles. The second kappa shape index (κ2) is 5.11. The summed E-state index contributed by atoms with van der Waals surface area (Å²) in [6.07, 6.45) is 0. The van der Waals surface area contributed by atoms with Crippen molar-refractivity contribution >= 4 is 17.2 Å². The molecule has 1 nitrogen and oxygen atoms in total. The first-order valence-electron chi connectivity index (χ1n) is 5.05. The monoisotopic (exact) mass is 207 g/mol. The third kappa shape index (κ3) is 2.32. The normalized spacial score (nSPS) is 9.93. The summed E-state index contributed by atoms with van der Waals surface area (Å²) in [5.74, 6) is 0. The Morgan fingerprint density at radius 1 is 1.21 bits per heavy atom. The van der Waals surface area contributed by atoms with Crippen LogP contribution in [-0.4, -0.2) is 23.0 Å². The Bertz CT molecular complexity index is 316. The first kappa shape index (κ1) is 11.2. The fourth-order valence-corrected chi connectivity index (χ4v) is 1.98. The highest BCUT2D eigenvalue weighted by atomic mass is 32.1. The minimum Gasteiger partial charge on any atom is -0.363 e. The van der Waals surface area contributed by atoms with Gasteiger partial charge in [0.15, 0.2) is 0 Å². The first-order valence-corrected chi connectivity index (χ1v) is 5.46. The smallest absolute Gasteiger partial charge is 0.109 e. The van der Waals surface area contributed by atoms with Crippen LogP contribution in [0.4, 0.5) is 0 Å². The summed E-state index contributed by atoms with van der Waals surface area (Å²) < 4.78 is 0. The molecule has 14 heavy (non-hydrogen) atoms. The van der Waals surface area contributed by atoms with Crippen molar-refractivity contribution in [2.24, 2.45) is 0 Å². The van der Waals surface area contributed by atoms with E-state index in [0.717, 1.165) is 18.1 Å². The molecule has 0 bridgehead atoms. The fourth-order valence-electron chi connectivity index (χ4n) is 1.49. The molecule has 0 unspecified atom stereocenters. The molecular formula is C12H17NS. The van der Waals surface area contributed by atoms with E-state index in [2.05, 4.69) is 37.8 Å². The van der Waals surface area contributed by atoms with Gasteiger partial charge in [-0.25, -0.2) is 0 Å². The van der Waals surface area contributed by atoms with Crippen LogP contribution in [0.15, 0.2) is 24.3 Å². The summed E-state index contributed by atoms with van der Waals surface area (Å²) in [4.78, 5) is 3.17. The van der Waals surface area contributed by atoms with E-state index in [9.17, 15) is 0 Å². The molecule has 0 aliphatic heterocycles. The zero-order valence-corrected chi connectivity index (χ0v) is 9.90. The highest BCUT2D eigenvalue weighted by Gasteiger charge is 2.09. The Morgan fingerprint density at radius 2 is 1.79 bits per heavy atom. The standard InChI is InChI=1S/C12H17NS/c1-4-13(5-2)12(14)11-9-7-6-8-10(11)3/h6-9H,4-5H2,1-3H3. The Kier molecular flexibility index (Phi) is 4.08. The van der Waals surface area contributed by atoms with Gasteiger partial charge in [0.25, 0.3) is 0 Å². The summed E-state index contributed by atoms with van der Waals surface area (Å²) in [5, 5.41) is 0. The van der Waals surface area contributed by atoms with E-state index in [1.165, 1.54) is 11.1 Å². The largest absolute Gasteiger partial charge is 0.363 e. The van der Waals surface area contributed by atoms with Gasteiger partial charge in [-0.1, -0.05) is 36.5 Å². The van der Waals surface area contributed by atoms with Crippen molar-refractivity contribution in [3.8, 4) is 0 Å². The summed E-state index contributed by atoms with van der Waals surface area (Å²) in [5.41, 5.74) is 2.44. The van der Waals surface area contributed by atoms with Gasteiger partial charge in [-0.05, 0) is 26.3 Å². The van der Waals surface area contributed by atoms with E-state index in [0.29, 0.717) is 0 Å². The molecule has 0 atom stereocenters. The van der Waals surface area contributed by atoms with Crippen LogP contribution < -0.4 is 0 Å². The molecule has 0 amide bonds. The average molecular weight is 207 g/mol. The van der Waals surface area contributed by atoms with Crippen molar-refractivity contribution in [2.75, 3.05) is 13.1 Å². The lowest BCUT2D eigenvalue weighted by atomic mass is 10.1. The maximum Gasteiger partial charge on any atom is 0.109 e. The minimum atomic E-state index is 0.966. The molecule has 0 saturated heterocycles. The second-order valence-electron chi connectivity index (χ2n) is 3.29. The summed E-state index contributed by atoms with van der Waals surface area (Å²) in [7, 11) is 0. The second-order valence-corrected chi connectivity index (χ2v) is 3.68. The molecule has 0 aliphatic rings. The molecule has 76 valence electrons. The van der Waals surface area contributed by atoms with E-state index >= 15 is 0 Å². The number of aryl methyl sites for hydroxylation is 1. The molecular weight excluding hydrogens is 190 g/mol. The molecule has 2 heteroatoms. The van der Waals surface area contributed by atoms with Crippen molar-refractivity contribution < 1.29 is 0 Å². The SMILES string of the molecule is CCN(CC)C(=S)c1ccccc1C. The van der Waals surface area contributed by atoms with E-state index < -0.39 is 0 Å². The maximum atomic E-state index is 5.45. The summed E-state index contributed by atoms with van der Waals surface area (Å²) in [6.45, 7) is 8.32. The number of hydrogen-bond acceptors (Lipinski definition) is 1. The average Bonchev–Trinajstić information content (AvgIpc) is 2.20. The fraction of sp³-hybridized carbons (Fsp3) is 0.417. The van der Waals surface area contributed by atoms with Gasteiger partial charge in [0.1, 0.15) is 4.99 Å². The van der Waals surface area contributed by atoms with Gasteiger partial charge in [0, 0.05) is 18.7 Å². The van der Waals surface area contributed by atoms with Crippen molar-refractivity contribution in [3.63, 3.8) is 0 Å². The van der Waals surface area contributed by atoms with Crippen molar-refractivity contribution in [2.45, 2.75) is 20.8 Å². The number of hydrogen-bond donors (Lipinski definition) is 0. The van der Waals surface area contributed by atoms with Crippen LogP contribution in [0.25, 0.3) is 0 Å². The molecule has 1 aromatic carbocycles. The molecule has 0 spiro atoms. The Labute approximate surface area is 91.7 Å². The van der Waals surface area contributed by atoms with E-state index in [-0.39, 0.29) is 0 Å². The quantitative estimate of drug-likeness (QED) is 0.701. The van der Waals surface area contributed by atoms with Crippen molar-refractivity contribution in [3.05, 3.63) is 35.4 Å². The zero-order chi connectivity index (χ0) is 10.6. The van der Waals surface area contributed by atoms with Crippen LogP contribution >= 0.6 is 12.2 Å². The summed E-state index contributed by atoms with van der Waals surface area (Å²) >= 11 is 5.45. The lowest BCUT2D eigenvalue weighted by Gasteiger charge is -2.22. The van der Waals surface area contributed by atoms with Gasteiger partial charge >= 0.3 is 0 Å². The van der Waals surface area contributed by atoms with Crippen LogP contribution in [-0.2, 0) is 0 Å².